The first-order chi connectivity index (χ1) is 9.36. The first-order valence-electron chi connectivity index (χ1n) is 5.89. The monoisotopic (exact) mass is 365 g/mol. The van der Waals surface area contributed by atoms with Crippen molar-refractivity contribution in [3.63, 3.8) is 0 Å². The molecule has 0 radical (unpaired) electrons. The van der Waals surface area contributed by atoms with E-state index in [1.54, 1.807) is 6.20 Å². The number of nitrogens with zero attached hydrogens (tertiary/aromatic N) is 2. The van der Waals surface area contributed by atoms with Gasteiger partial charge in [0.2, 0.25) is 0 Å². The van der Waals surface area contributed by atoms with Crippen molar-refractivity contribution < 1.29 is 19.2 Å². The molecule has 2 rings (SSSR count). The molecule has 2 nitrogen and oxygen atoms in total. The number of hydrogen-bond acceptors (Lipinski definition) is 2. The van der Waals surface area contributed by atoms with E-state index in [1.165, 1.54) is 5.56 Å². The fraction of sp³-hybridized carbons (Fsp3) is 0.200. The van der Waals surface area contributed by atoms with Gasteiger partial charge in [-0.15, -0.1) is 0 Å². The van der Waals surface area contributed by atoms with Gasteiger partial charge in [0.25, 0.3) is 0 Å². The van der Waals surface area contributed by atoms with Crippen molar-refractivity contribution in [3.05, 3.63) is 66.0 Å². The summed E-state index contributed by atoms with van der Waals surface area (Å²) in [6.45, 7) is 0.806. The predicted molar refractivity (Wildman–Crippen MR) is 77.6 cm³/mol. The maximum atomic E-state index is 4.93. The molecule has 0 N–H and O–H groups in total. The van der Waals surface area contributed by atoms with E-state index in [1.807, 2.05) is 30.5 Å². The molecule has 1 heterocycles. The first kappa shape index (κ1) is 16.0. The molecule has 0 fully saturated rings. The Morgan fingerprint density at radius 3 is 2.42 bits per heavy atom. The van der Waals surface area contributed by atoms with Gasteiger partial charge in [-0.25, -0.2) is 0 Å². The second-order valence-corrected chi connectivity index (χ2v) is 5.03. The number of aliphatic imine (C=N–C) groups is 1. The summed E-state index contributed by atoms with van der Waals surface area (Å²) in [4.78, 5) is 8.52. The number of benzene rings is 1. The van der Waals surface area contributed by atoms with E-state index in [9.17, 15) is 0 Å². The van der Waals surface area contributed by atoms with Crippen molar-refractivity contribution in [2.45, 2.75) is 6.42 Å². The summed E-state index contributed by atoms with van der Waals surface area (Å²) in [5.41, 5.74) is 2.23. The standard InChI is InChI=1S/C14H14N2.CH2Cl.Pd/c1-2-6-13(7-3-1)9-11-15-12-14-8-4-5-10-16-14;1-2;/h1-8,10,12H,9,11H2;1H2;. The van der Waals surface area contributed by atoms with Gasteiger partial charge in [-0.1, -0.05) is 36.4 Å². The summed E-state index contributed by atoms with van der Waals surface area (Å²) < 4.78 is 0.572. The van der Waals surface area contributed by atoms with E-state index < -0.39 is 0 Å². The Balaban J connectivity index is 0.000000550. The van der Waals surface area contributed by atoms with E-state index in [0.29, 0.717) is 4.35 Å². The van der Waals surface area contributed by atoms with Crippen LogP contribution in [0.3, 0.4) is 0 Å². The molecule has 0 saturated heterocycles. The van der Waals surface area contributed by atoms with Crippen LogP contribution < -0.4 is 0 Å². The summed E-state index contributed by atoms with van der Waals surface area (Å²) >= 11 is 7.64. The molecule has 0 aliphatic rings. The van der Waals surface area contributed by atoms with E-state index in [4.69, 9.17) is 11.6 Å². The number of aromatic nitrogens is 1. The maximum absolute atomic E-state index is 4.93. The molecule has 0 atom stereocenters. The van der Waals surface area contributed by atoms with Crippen LogP contribution in [0.25, 0.3) is 0 Å². The van der Waals surface area contributed by atoms with E-state index in [0.717, 1.165) is 18.7 Å². The average molecular weight is 366 g/mol. The van der Waals surface area contributed by atoms with Crippen LogP contribution in [0, 0.1) is 0 Å². The molecule has 0 bridgehead atoms. The molecule has 19 heavy (non-hydrogen) atoms. The van der Waals surface area contributed by atoms with Crippen molar-refractivity contribution in [2.24, 2.45) is 4.99 Å². The molecule has 0 saturated carbocycles. The molecule has 1 aromatic heterocycles. The van der Waals surface area contributed by atoms with Gasteiger partial charge in [0, 0.05) is 19.0 Å². The third-order valence-electron chi connectivity index (χ3n) is 2.28. The van der Waals surface area contributed by atoms with Crippen molar-refractivity contribution in [3.8, 4) is 0 Å². The molecule has 2 aromatic rings. The Hall–Kier alpha value is -1.01. The molecular weight excluding hydrogens is 350 g/mol. The number of hydrogen-bond donors (Lipinski definition) is 0. The quantitative estimate of drug-likeness (QED) is 0.462. The minimum atomic E-state index is 0.572. The third-order valence-corrected chi connectivity index (χ3v) is 2.28. The molecule has 1 aromatic carbocycles. The SMILES string of the molecule is C(=NCCc1ccccc1)c1ccccn1.Cl[CH2][Pd]. The summed E-state index contributed by atoms with van der Waals surface area (Å²) in [7, 11) is 0. The molecule has 4 heteroatoms. The van der Waals surface area contributed by atoms with Crippen LogP contribution in [-0.2, 0) is 25.6 Å². The normalized spacial score (nSPS) is 10.1. The Kier molecular flexibility index (Phi) is 9.18. The van der Waals surface area contributed by atoms with Crippen LogP contribution in [0.2, 0.25) is 0 Å². The van der Waals surface area contributed by atoms with Crippen LogP contribution in [0.4, 0.5) is 0 Å². The number of alkyl halides is 1. The van der Waals surface area contributed by atoms with Crippen molar-refractivity contribution in [2.75, 3.05) is 10.9 Å². The molecule has 0 aliphatic carbocycles. The van der Waals surface area contributed by atoms with Crippen LogP contribution in [0.15, 0.2) is 59.7 Å². The third kappa shape index (κ3) is 7.90. The van der Waals surface area contributed by atoms with E-state index in [2.05, 4.69) is 53.4 Å². The Bertz CT molecular complexity index is 460. The summed E-state index contributed by atoms with van der Waals surface area (Å²) in [5.74, 6) is 0. The number of pyridine rings is 1. The van der Waals surface area contributed by atoms with E-state index >= 15 is 0 Å². The van der Waals surface area contributed by atoms with Gasteiger partial charge < -0.3 is 0 Å². The van der Waals surface area contributed by atoms with Crippen molar-refractivity contribution in [1.82, 2.24) is 4.98 Å². The van der Waals surface area contributed by atoms with Crippen LogP contribution in [0.5, 0.6) is 0 Å². The van der Waals surface area contributed by atoms with E-state index in [-0.39, 0.29) is 0 Å². The zero-order valence-corrected chi connectivity index (χ0v) is 12.8. The summed E-state index contributed by atoms with van der Waals surface area (Å²) in [6.07, 6.45) is 4.58. The van der Waals surface area contributed by atoms with Gasteiger partial charge in [0.1, 0.15) is 0 Å². The number of rotatable bonds is 4. The molecular formula is C15H16ClN2Pd. The van der Waals surface area contributed by atoms with Gasteiger partial charge in [-0.2, -0.15) is 0 Å². The molecule has 0 amide bonds. The summed E-state index contributed by atoms with van der Waals surface area (Å²) in [5, 5.41) is 0. The molecule has 0 spiro atoms. The Morgan fingerprint density at radius 2 is 1.79 bits per heavy atom. The van der Waals surface area contributed by atoms with Gasteiger partial charge >= 0.3 is 35.2 Å². The topological polar surface area (TPSA) is 25.2 Å². The van der Waals surface area contributed by atoms with Crippen molar-refractivity contribution >= 4 is 17.8 Å². The van der Waals surface area contributed by atoms with Gasteiger partial charge in [-0.3, -0.25) is 9.98 Å². The molecule has 0 aliphatic heterocycles. The Morgan fingerprint density at radius 1 is 1.11 bits per heavy atom. The van der Waals surface area contributed by atoms with Gasteiger partial charge in [-0.05, 0) is 24.1 Å². The number of halogens is 1. The Labute approximate surface area is 130 Å². The summed E-state index contributed by atoms with van der Waals surface area (Å²) in [6, 6.07) is 16.2. The second kappa shape index (κ2) is 10.9. The zero-order chi connectivity index (χ0) is 13.8. The second-order valence-electron chi connectivity index (χ2n) is 3.61. The minimum absolute atomic E-state index is 0.572. The fourth-order valence-electron chi connectivity index (χ4n) is 1.45. The van der Waals surface area contributed by atoms with Crippen molar-refractivity contribution in [1.29, 1.82) is 0 Å². The average Bonchev–Trinajstić information content (AvgIpc) is 2.47. The first-order valence-corrected chi connectivity index (χ1v) is 7.52. The van der Waals surface area contributed by atoms with Crippen LogP contribution in [-0.4, -0.2) is 22.1 Å². The predicted octanol–water partition coefficient (Wildman–Crippen LogP) is 3.47. The fourth-order valence-corrected chi connectivity index (χ4v) is 1.45. The van der Waals surface area contributed by atoms with Gasteiger partial charge in [0.15, 0.2) is 0 Å². The van der Waals surface area contributed by atoms with Crippen LogP contribution >= 0.6 is 11.6 Å². The van der Waals surface area contributed by atoms with Crippen LogP contribution in [0.1, 0.15) is 11.3 Å². The molecule has 0 unspecified atom stereocenters. The van der Waals surface area contributed by atoms with Gasteiger partial charge in [0.05, 0.1) is 5.69 Å². The molecule has 103 valence electrons. The zero-order valence-electron chi connectivity index (χ0n) is 10.5.